The van der Waals surface area contributed by atoms with E-state index in [0.29, 0.717) is 0 Å². The smallest absolute Gasteiger partial charge is 0.309 e. The van der Waals surface area contributed by atoms with Gasteiger partial charge in [-0.1, -0.05) is 19.6 Å². The summed E-state index contributed by atoms with van der Waals surface area (Å²) in [6.07, 6.45) is 0. The van der Waals surface area contributed by atoms with Crippen LogP contribution in [0, 0.1) is 0 Å². The molecule has 1 aromatic rings. The number of rotatable bonds is 7. The molecule has 18 heavy (non-hydrogen) atoms. The molecule has 0 saturated carbocycles. The van der Waals surface area contributed by atoms with E-state index in [9.17, 15) is 4.57 Å². The minimum atomic E-state index is -3.52. The van der Waals surface area contributed by atoms with Gasteiger partial charge in [-0.3, -0.25) is 4.57 Å². The van der Waals surface area contributed by atoms with Crippen molar-refractivity contribution in [1.29, 1.82) is 0 Å². The maximum atomic E-state index is 13.2. The van der Waals surface area contributed by atoms with Gasteiger partial charge in [0.2, 0.25) is 0 Å². The van der Waals surface area contributed by atoms with Crippen LogP contribution in [0.2, 0.25) is 19.6 Å². The van der Waals surface area contributed by atoms with Gasteiger partial charge in [0.15, 0.2) is 0 Å². The Bertz CT molecular complexity index is 436. The summed E-state index contributed by atoms with van der Waals surface area (Å²) in [4.78, 5) is 0. The SMILES string of the molecule is [2H]C(c1ccsc1)([Si](C)(C)C)P(=O)(OCC)OCC. The van der Waals surface area contributed by atoms with Gasteiger partial charge in [0.25, 0.3) is 0 Å². The summed E-state index contributed by atoms with van der Waals surface area (Å²) in [6.45, 7) is 10.2. The van der Waals surface area contributed by atoms with Gasteiger partial charge in [0, 0.05) is 1.37 Å². The molecule has 0 spiro atoms. The van der Waals surface area contributed by atoms with Gasteiger partial charge in [-0.25, -0.2) is 0 Å². The summed E-state index contributed by atoms with van der Waals surface area (Å²) in [5, 5.41) is 2.52. The lowest BCUT2D eigenvalue weighted by molar-refractivity contribution is 0.217. The van der Waals surface area contributed by atoms with Crippen molar-refractivity contribution in [3.8, 4) is 0 Å². The van der Waals surface area contributed by atoms with E-state index in [4.69, 9.17) is 10.4 Å². The van der Waals surface area contributed by atoms with Gasteiger partial charge in [0.1, 0.15) is 0 Å². The normalized spacial score (nSPS) is 17.3. The van der Waals surface area contributed by atoms with Crippen LogP contribution >= 0.6 is 18.9 Å². The first-order chi connectivity index (χ1) is 8.73. The fourth-order valence-corrected chi connectivity index (χ4v) is 8.91. The quantitative estimate of drug-likeness (QED) is 0.529. The maximum absolute atomic E-state index is 13.2. The molecule has 0 aromatic carbocycles. The summed E-state index contributed by atoms with van der Waals surface area (Å²) >= 11 is 1.50. The van der Waals surface area contributed by atoms with Crippen LogP contribution in [0.5, 0.6) is 0 Å². The van der Waals surface area contributed by atoms with Crippen molar-refractivity contribution in [3.63, 3.8) is 0 Å². The molecule has 0 aliphatic heterocycles. The Morgan fingerprint density at radius 1 is 1.39 bits per heavy atom. The Morgan fingerprint density at radius 3 is 2.28 bits per heavy atom. The zero-order valence-corrected chi connectivity index (χ0v) is 14.4. The first-order valence-corrected chi connectivity index (χ1v) is 12.1. The molecular formula is C12H23O3PSSi. The highest BCUT2D eigenvalue weighted by molar-refractivity contribution is 7.57. The lowest BCUT2D eigenvalue weighted by Gasteiger charge is -2.34. The molecule has 1 aromatic heterocycles. The molecule has 3 nitrogen and oxygen atoms in total. The highest BCUT2D eigenvalue weighted by Gasteiger charge is 2.45. The molecule has 104 valence electrons. The van der Waals surface area contributed by atoms with Crippen LogP contribution in [0.1, 0.15) is 26.0 Å². The Kier molecular flexibility index (Phi) is 5.21. The second-order valence-electron chi connectivity index (χ2n) is 4.94. The predicted octanol–water partition coefficient (Wildman–Crippen LogP) is 4.93. The maximum Gasteiger partial charge on any atom is 0.335 e. The van der Waals surface area contributed by atoms with E-state index in [-0.39, 0.29) is 13.2 Å². The second kappa shape index (κ2) is 6.48. The number of hydrogen-bond acceptors (Lipinski definition) is 4. The van der Waals surface area contributed by atoms with E-state index in [1.165, 1.54) is 11.3 Å². The van der Waals surface area contributed by atoms with Gasteiger partial charge in [-0.2, -0.15) is 11.3 Å². The van der Waals surface area contributed by atoms with E-state index in [1.807, 2.05) is 36.5 Å². The van der Waals surface area contributed by atoms with Crippen molar-refractivity contribution in [3.05, 3.63) is 22.4 Å². The molecule has 0 aliphatic rings. The minimum absolute atomic E-state index is 0.284. The summed E-state index contributed by atoms with van der Waals surface area (Å²) in [5.74, 6) is 0. The average Bonchev–Trinajstić information content (AvgIpc) is 2.80. The number of hydrogen-bond donors (Lipinski definition) is 0. The molecule has 1 unspecified atom stereocenters. The summed E-state index contributed by atoms with van der Waals surface area (Å²) in [6, 6.07) is 1.86. The van der Waals surface area contributed by atoms with Crippen LogP contribution < -0.4 is 0 Å². The molecule has 0 radical (unpaired) electrons. The second-order valence-corrected chi connectivity index (χ2v) is 13.1. The van der Waals surface area contributed by atoms with Crippen molar-refractivity contribution < 1.29 is 15.0 Å². The van der Waals surface area contributed by atoms with Gasteiger partial charge < -0.3 is 9.05 Å². The lowest BCUT2D eigenvalue weighted by atomic mass is 10.4. The standard InChI is InChI=1S/C12H23O3PSSi/c1-6-14-16(13,15-7-2)12(18(3,4)5)11-8-9-17-10-11/h8-10,12H,6-7H2,1-5H3/i12D. The first-order valence-electron chi connectivity index (χ1n) is 6.64. The van der Waals surface area contributed by atoms with Crippen molar-refractivity contribution >= 4 is 27.0 Å². The third kappa shape index (κ3) is 3.78. The summed E-state index contributed by atoms with van der Waals surface area (Å²) < 4.78 is 33.1. The molecular weight excluding hydrogens is 283 g/mol. The third-order valence-corrected chi connectivity index (χ3v) is 9.61. The first kappa shape index (κ1) is 14.5. The van der Waals surface area contributed by atoms with Gasteiger partial charge in [-0.15, -0.1) is 0 Å². The fraction of sp³-hybridized carbons (Fsp3) is 0.667. The predicted molar refractivity (Wildman–Crippen MR) is 81.3 cm³/mol. The molecule has 0 bridgehead atoms. The zero-order chi connectivity index (χ0) is 14.7. The monoisotopic (exact) mass is 307 g/mol. The van der Waals surface area contributed by atoms with Crippen LogP contribution in [-0.2, 0) is 13.6 Å². The largest absolute Gasteiger partial charge is 0.335 e. The minimum Gasteiger partial charge on any atom is -0.309 e. The van der Waals surface area contributed by atoms with Crippen molar-refractivity contribution in [2.24, 2.45) is 0 Å². The number of thiophene rings is 1. The Morgan fingerprint density at radius 2 is 1.94 bits per heavy atom. The topological polar surface area (TPSA) is 35.5 Å². The van der Waals surface area contributed by atoms with Gasteiger partial charge >= 0.3 is 7.60 Å². The molecule has 1 rings (SSSR count). The Hall–Kier alpha value is 0.0669. The van der Waals surface area contributed by atoms with Crippen molar-refractivity contribution in [2.45, 2.75) is 38.7 Å². The summed E-state index contributed by atoms with van der Waals surface area (Å²) in [5.41, 5.74) is 0.752. The van der Waals surface area contributed by atoms with Crippen LogP contribution in [0.3, 0.4) is 0 Å². The van der Waals surface area contributed by atoms with E-state index >= 15 is 0 Å². The van der Waals surface area contributed by atoms with Gasteiger partial charge in [-0.05, 0) is 36.2 Å². The van der Waals surface area contributed by atoms with Crippen molar-refractivity contribution in [1.82, 2.24) is 0 Å². The molecule has 0 fully saturated rings. The van der Waals surface area contributed by atoms with Crippen LogP contribution in [0.25, 0.3) is 0 Å². The molecule has 0 N–H and O–H groups in total. The molecule has 1 heterocycles. The van der Waals surface area contributed by atoms with E-state index < -0.39 is 20.9 Å². The van der Waals surface area contributed by atoms with Gasteiger partial charge in [0.05, 0.1) is 26.5 Å². The van der Waals surface area contributed by atoms with Crippen LogP contribution in [0.4, 0.5) is 0 Å². The highest BCUT2D eigenvalue weighted by atomic mass is 32.1. The molecule has 0 amide bonds. The summed E-state index contributed by atoms with van der Waals surface area (Å²) in [7, 11) is -5.68. The molecule has 0 saturated heterocycles. The Balaban J connectivity index is 3.43. The average molecular weight is 307 g/mol. The molecule has 1 atom stereocenters. The lowest BCUT2D eigenvalue weighted by Crippen LogP contribution is -2.32. The van der Waals surface area contributed by atoms with Crippen molar-refractivity contribution in [2.75, 3.05) is 13.2 Å². The molecule has 0 aliphatic carbocycles. The van der Waals surface area contributed by atoms with E-state index in [2.05, 4.69) is 0 Å². The Labute approximate surface area is 116 Å². The van der Waals surface area contributed by atoms with E-state index in [0.717, 1.165) is 5.56 Å². The molecule has 6 heteroatoms. The van der Waals surface area contributed by atoms with Crippen LogP contribution in [-0.4, -0.2) is 21.3 Å². The van der Waals surface area contributed by atoms with E-state index in [1.54, 1.807) is 13.8 Å². The highest BCUT2D eigenvalue weighted by Crippen LogP contribution is 2.64. The van der Waals surface area contributed by atoms with Crippen LogP contribution in [0.15, 0.2) is 16.8 Å². The zero-order valence-electron chi connectivity index (χ0n) is 12.7. The fourth-order valence-electron chi connectivity index (χ4n) is 1.91. The third-order valence-electron chi connectivity index (χ3n) is 2.38.